The molecule has 1 aliphatic carbocycles. The number of aromatic amines is 1. The Hall–Kier alpha value is -5.34. The lowest BCUT2D eigenvalue weighted by Gasteiger charge is -2.29. The fourth-order valence-corrected chi connectivity index (χ4v) is 8.70. The van der Waals surface area contributed by atoms with Crippen LogP contribution in [0.1, 0.15) is 62.6 Å². The molecule has 0 radical (unpaired) electrons. The van der Waals surface area contributed by atoms with Gasteiger partial charge in [0.05, 0.1) is 52.5 Å². The number of aryl methyl sites for hydroxylation is 4. The molecule has 2 aliphatic heterocycles. The van der Waals surface area contributed by atoms with Crippen molar-refractivity contribution in [3.63, 3.8) is 0 Å². The number of carbonyl (C=O) groups is 1. The number of ether oxygens (including phenoxy) is 1. The molecule has 1 fully saturated rings. The first kappa shape index (κ1) is 31.6. The van der Waals surface area contributed by atoms with Gasteiger partial charge >= 0.3 is 5.76 Å². The van der Waals surface area contributed by atoms with Crippen LogP contribution in [0, 0.1) is 24.4 Å². The van der Waals surface area contributed by atoms with Crippen LogP contribution in [0.3, 0.4) is 0 Å². The van der Waals surface area contributed by atoms with Crippen molar-refractivity contribution in [1.82, 2.24) is 25.1 Å². The van der Waals surface area contributed by atoms with E-state index in [4.69, 9.17) is 19.1 Å². The molecule has 1 saturated heterocycles. The van der Waals surface area contributed by atoms with E-state index in [-0.39, 0.29) is 30.3 Å². The fourth-order valence-electron chi connectivity index (χ4n) is 7.55. The third-order valence-electron chi connectivity index (χ3n) is 9.88. The molecule has 0 spiro atoms. The third-order valence-corrected chi connectivity index (χ3v) is 11.1. The zero-order chi connectivity index (χ0) is 35.0. The van der Waals surface area contributed by atoms with Crippen molar-refractivity contribution < 1.29 is 27.1 Å². The minimum atomic E-state index is -0.895. The van der Waals surface area contributed by atoms with Gasteiger partial charge in [0.2, 0.25) is 0 Å². The van der Waals surface area contributed by atoms with Crippen molar-refractivity contribution in [1.29, 1.82) is 0 Å². The maximum Gasteiger partial charge on any atom is 0.434 e. The fraction of sp³-hybridized carbons (Fsp3) is 0.270. The molecule has 4 aromatic heterocycles. The van der Waals surface area contributed by atoms with Gasteiger partial charge < -0.3 is 19.4 Å². The van der Waals surface area contributed by atoms with Crippen LogP contribution in [-0.2, 0) is 24.0 Å². The predicted molar refractivity (Wildman–Crippen MR) is 183 cm³/mol. The summed E-state index contributed by atoms with van der Waals surface area (Å²) in [6.07, 6.45) is 2.10. The Kier molecular flexibility index (Phi) is 7.54. The molecule has 258 valence electrons. The van der Waals surface area contributed by atoms with Crippen molar-refractivity contribution in [2.24, 2.45) is 0 Å². The lowest BCUT2D eigenvalue weighted by Crippen LogP contribution is -2.38. The van der Waals surface area contributed by atoms with Gasteiger partial charge in [-0.25, -0.2) is 28.0 Å². The number of halogens is 3. The Morgan fingerprint density at radius 2 is 1.82 bits per heavy atom. The number of nitrogens with zero attached hydrogens (tertiary/aromatic N) is 4. The molecule has 10 nitrogen and oxygen atoms in total. The Balaban J connectivity index is 1.23. The molecule has 0 unspecified atom stereocenters. The van der Waals surface area contributed by atoms with E-state index in [1.165, 1.54) is 35.6 Å². The molecule has 2 atom stereocenters. The van der Waals surface area contributed by atoms with Gasteiger partial charge in [-0.2, -0.15) is 0 Å². The number of fused-ring (bicyclic) bond motifs is 5. The SMILES string of the molecule is Cc1cc2cc(-c3c4c(nc(CCc5ccc(F)cc5)c3-c3n[nH]c(=O)o3)[C@H]3COCCN3C4=O)sc2c(N[C@H]2CCc3cc(F)c(F)cc32)n1. The Bertz CT molecular complexity index is 2440. The van der Waals surface area contributed by atoms with Crippen molar-refractivity contribution in [3.05, 3.63) is 116 Å². The second-order valence-electron chi connectivity index (χ2n) is 13.0. The van der Waals surface area contributed by atoms with Crippen molar-refractivity contribution in [3.8, 4) is 21.9 Å². The minimum absolute atomic E-state index is 0.00439. The topological polar surface area (TPSA) is 126 Å². The molecule has 0 saturated carbocycles. The average molecular weight is 711 g/mol. The summed E-state index contributed by atoms with van der Waals surface area (Å²) in [7, 11) is 0. The Morgan fingerprint density at radius 1 is 1.00 bits per heavy atom. The summed E-state index contributed by atoms with van der Waals surface area (Å²) in [5.74, 6) is -2.48. The van der Waals surface area contributed by atoms with Crippen molar-refractivity contribution >= 4 is 33.1 Å². The van der Waals surface area contributed by atoms with Crippen molar-refractivity contribution in [2.45, 2.75) is 44.7 Å². The third kappa shape index (κ3) is 5.40. The summed E-state index contributed by atoms with van der Waals surface area (Å²) in [4.78, 5) is 39.0. The van der Waals surface area contributed by atoms with Crippen LogP contribution in [0.4, 0.5) is 19.0 Å². The van der Waals surface area contributed by atoms with Crippen LogP contribution >= 0.6 is 11.3 Å². The zero-order valence-corrected chi connectivity index (χ0v) is 28.0. The molecule has 0 bridgehead atoms. The van der Waals surface area contributed by atoms with Crippen molar-refractivity contribution in [2.75, 3.05) is 25.1 Å². The van der Waals surface area contributed by atoms with Crippen LogP contribution in [0.2, 0.25) is 0 Å². The number of anilines is 1. The molecule has 6 heterocycles. The number of nitrogens with one attached hydrogen (secondary N) is 2. The summed E-state index contributed by atoms with van der Waals surface area (Å²) in [5, 5.41) is 10.9. The quantitative estimate of drug-likeness (QED) is 0.185. The maximum absolute atomic E-state index is 14.3. The highest BCUT2D eigenvalue weighted by atomic mass is 32.1. The van der Waals surface area contributed by atoms with E-state index in [9.17, 15) is 22.8 Å². The van der Waals surface area contributed by atoms with E-state index in [2.05, 4.69) is 15.5 Å². The molecule has 6 aromatic rings. The molecule has 2 aromatic carbocycles. The van der Waals surface area contributed by atoms with Gasteiger partial charge in [0.25, 0.3) is 11.8 Å². The summed E-state index contributed by atoms with van der Waals surface area (Å²) in [6.45, 7) is 2.96. The number of pyridine rings is 2. The highest BCUT2D eigenvalue weighted by Crippen LogP contribution is 2.49. The molecule has 14 heteroatoms. The number of thiophene rings is 1. The molecule has 3 aliphatic rings. The standard InChI is InChI=1S/C37H29F3N6O4S/c1-17-12-20-14-28(51-33(20)34(41-17)43-25-9-5-19-13-23(39)24(40)15-22(19)25)30-29(35-44-45-37(48)50-35)26(8-4-18-2-6-21(38)7-3-18)42-32-27-16-49-11-10-46(27)36(47)31(30)32/h2-3,6-7,12-15,25,27H,4-5,8-11,16H2,1H3,(H,41,43)(H,45,48)/t25-,27+/m0/s1. The van der Waals surface area contributed by atoms with Gasteiger partial charge in [-0.15, -0.1) is 16.4 Å². The maximum atomic E-state index is 14.3. The number of amides is 1. The largest absolute Gasteiger partial charge is 0.434 e. The van der Waals surface area contributed by atoms with Gasteiger partial charge in [-0.05, 0) is 91.1 Å². The molecule has 51 heavy (non-hydrogen) atoms. The molecular weight excluding hydrogens is 682 g/mol. The number of carbonyl (C=O) groups excluding carboxylic acids is 1. The summed E-state index contributed by atoms with van der Waals surface area (Å²) in [5.41, 5.74) is 5.55. The first-order valence-electron chi connectivity index (χ1n) is 16.6. The highest BCUT2D eigenvalue weighted by molar-refractivity contribution is 7.23. The number of aromatic nitrogens is 4. The van der Waals surface area contributed by atoms with Crippen LogP contribution in [0.5, 0.6) is 0 Å². The van der Waals surface area contributed by atoms with E-state index in [0.717, 1.165) is 26.9 Å². The number of hydrogen-bond acceptors (Lipinski definition) is 9. The Labute approximate surface area is 292 Å². The Morgan fingerprint density at radius 3 is 2.63 bits per heavy atom. The number of rotatable bonds is 7. The smallest absolute Gasteiger partial charge is 0.388 e. The second-order valence-corrected chi connectivity index (χ2v) is 14.1. The highest BCUT2D eigenvalue weighted by Gasteiger charge is 2.44. The number of H-pyrrole nitrogens is 1. The minimum Gasteiger partial charge on any atom is -0.388 e. The van der Waals surface area contributed by atoms with E-state index in [0.29, 0.717) is 83.2 Å². The van der Waals surface area contributed by atoms with E-state index >= 15 is 0 Å². The summed E-state index contributed by atoms with van der Waals surface area (Å²) in [6, 6.07) is 12.0. The summed E-state index contributed by atoms with van der Waals surface area (Å²) >= 11 is 1.41. The number of morpholine rings is 1. The van der Waals surface area contributed by atoms with E-state index in [1.54, 1.807) is 17.0 Å². The first-order valence-corrected chi connectivity index (χ1v) is 17.4. The van der Waals surface area contributed by atoms with E-state index < -0.39 is 23.4 Å². The second kappa shape index (κ2) is 12.2. The van der Waals surface area contributed by atoms with Crippen LogP contribution in [0.15, 0.2) is 57.7 Å². The predicted octanol–water partition coefficient (Wildman–Crippen LogP) is 6.84. The summed E-state index contributed by atoms with van der Waals surface area (Å²) < 4.78 is 54.2. The molecule has 9 rings (SSSR count). The molecular formula is C37H29F3N6O4S. The van der Waals surface area contributed by atoms with Crippen LogP contribution < -0.4 is 11.1 Å². The lowest BCUT2D eigenvalue weighted by molar-refractivity contribution is 0.00352. The number of hydrogen-bond donors (Lipinski definition) is 2. The normalized spacial score (nSPS) is 18.0. The monoisotopic (exact) mass is 710 g/mol. The molecule has 2 N–H and O–H groups in total. The van der Waals surface area contributed by atoms with Gasteiger partial charge in [0.1, 0.15) is 11.6 Å². The number of benzene rings is 2. The molecule has 1 amide bonds. The zero-order valence-electron chi connectivity index (χ0n) is 27.2. The van der Waals surface area contributed by atoms with Crippen LogP contribution in [0.25, 0.3) is 32.0 Å². The van der Waals surface area contributed by atoms with Gasteiger partial charge in [-0.3, -0.25) is 9.78 Å². The van der Waals surface area contributed by atoms with E-state index in [1.807, 2.05) is 19.1 Å². The van der Waals surface area contributed by atoms with Gasteiger partial charge in [0.15, 0.2) is 11.6 Å². The van der Waals surface area contributed by atoms with Gasteiger partial charge in [0, 0.05) is 22.7 Å². The average Bonchev–Trinajstić information content (AvgIpc) is 3.90. The lowest BCUT2D eigenvalue weighted by atomic mass is 9.93. The first-order chi connectivity index (χ1) is 24.7. The van der Waals surface area contributed by atoms with Gasteiger partial charge in [-0.1, -0.05) is 12.1 Å². The van der Waals surface area contributed by atoms with Crippen LogP contribution in [-0.4, -0.2) is 50.7 Å².